The van der Waals surface area contributed by atoms with Crippen molar-refractivity contribution in [3.8, 4) is 0 Å². The Morgan fingerprint density at radius 1 is 1.21 bits per heavy atom. The van der Waals surface area contributed by atoms with Crippen molar-refractivity contribution in [2.75, 3.05) is 6.54 Å². The third-order valence-electron chi connectivity index (χ3n) is 6.37. The molecule has 6 nitrogen and oxygen atoms in total. The van der Waals surface area contributed by atoms with Crippen molar-refractivity contribution < 1.29 is 13.2 Å². The molecule has 1 amide bonds. The van der Waals surface area contributed by atoms with Crippen molar-refractivity contribution >= 4 is 37.5 Å². The summed E-state index contributed by atoms with van der Waals surface area (Å²) in [7, 11) is -3.59. The maximum atomic E-state index is 13.2. The fourth-order valence-corrected chi connectivity index (χ4v) is 7.71. The van der Waals surface area contributed by atoms with Crippen LogP contribution in [0.1, 0.15) is 54.1 Å². The molecule has 1 atom stereocenters. The molecule has 0 radical (unpaired) electrons. The lowest BCUT2D eigenvalue weighted by atomic mass is 10.0. The molecule has 1 aliphatic rings. The van der Waals surface area contributed by atoms with E-state index in [1.807, 2.05) is 18.4 Å². The summed E-state index contributed by atoms with van der Waals surface area (Å²) in [5.74, 6) is -0.396. The lowest BCUT2D eigenvalue weighted by molar-refractivity contribution is 0.0997. The largest absolute Gasteiger partial charge is 0.312 e. The van der Waals surface area contributed by atoms with Gasteiger partial charge in [0.2, 0.25) is 10.0 Å². The van der Waals surface area contributed by atoms with Gasteiger partial charge in [0.15, 0.2) is 4.80 Å². The van der Waals surface area contributed by atoms with E-state index < -0.39 is 15.9 Å². The van der Waals surface area contributed by atoms with E-state index in [1.165, 1.54) is 23.5 Å². The Morgan fingerprint density at radius 2 is 1.94 bits per heavy atom. The second-order valence-electron chi connectivity index (χ2n) is 8.83. The molecule has 180 valence electrons. The van der Waals surface area contributed by atoms with Gasteiger partial charge < -0.3 is 4.57 Å². The number of sulfonamides is 1. The molecule has 2 aromatic carbocycles. The summed E-state index contributed by atoms with van der Waals surface area (Å²) >= 11 is 1.47. The van der Waals surface area contributed by atoms with Gasteiger partial charge in [0.05, 0.1) is 15.1 Å². The van der Waals surface area contributed by atoms with Gasteiger partial charge in [0.1, 0.15) is 0 Å². The number of piperidine rings is 1. The highest BCUT2D eigenvalue weighted by Crippen LogP contribution is 2.27. The number of rotatable bonds is 6. The molecule has 0 spiro atoms. The second-order valence-corrected chi connectivity index (χ2v) is 11.7. The smallest absolute Gasteiger partial charge is 0.279 e. The zero-order valence-corrected chi connectivity index (χ0v) is 21.6. The van der Waals surface area contributed by atoms with Crippen molar-refractivity contribution in [3.63, 3.8) is 0 Å². The fraction of sp³-hybridized carbons (Fsp3) is 0.385. The minimum Gasteiger partial charge on any atom is -0.312 e. The number of allylic oxidation sites excluding steroid dienone is 1. The summed E-state index contributed by atoms with van der Waals surface area (Å²) in [6.45, 7) is 11.1. The molecule has 3 aromatic rings. The molecule has 0 saturated carbocycles. The van der Waals surface area contributed by atoms with Crippen LogP contribution in [0, 0.1) is 13.8 Å². The number of hydrogen-bond donors (Lipinski definition) is 0. The van der Waals surface area contributed by atoms with Crippen LogP contribution in [0.4, 0.5) is 0 Å². The summed E-state index contributed by atoms with van der Waals surface area (Å²) in [5.41, 5.74) is 3.70. The van der Waals surface area contributed by atoms with Gasteiger partial charge in [-0.05, 0) is 74.6 Å². The first-order chi connectivity index (χ1) is 16.3. The van der Waals surface area contributed by atoms with E-state index in [9.17, 15) is 13.2 Å². The number of hydrogen-bond acceptors (Lipinski definition) is 4. The lowest BCUT2D eigenvalue weighted by Gasteiger charge is -2.34. The summed E-state index contributed by atoms with van der Waals surface area (Å²) in [6, 6.07) is 10.4. The second kappa shape index (κ2) is 9.98. The Kier molecular flexibility index (Phi) is 7.21. The van der Waals surface area contributed by atoms with Crippen LogP contribution in [0.15, 0.2) is 58.9 Å². The Bertz CT molecular complexity index is 1400. The maximum Gasteiger partial charge on any atom is 0.279 e. The molecule has 1 aliphatic heterocycles. The molecule has 8 heteroatoms. The number of aromatic nitrogens is 1. The normalized spacial score (nSPS) is 17.9. The van der Waals surface area contributed by atoms with Crippen LogP contribution in [-0.2, 0) is 16.6 Å². The van der Waals surface area contributed by atoms with Crippen LogP contribution >= 0.6 is 11.3 Å². The third kappa shape index (κ3) is 4.67. The Balaban J connectivity index is 1.67. The predicted molar refractivity (Wildman–Crippen MR) is 138 cm³/mol. The molecular formula is C26H31N3O3S2. The number of benzene rings is 2. The molecule has 1 saturated heterocycles. The topological polar surface area (TPSA) is 71.7 Å². The Morgan fingerprint density at radius 3 is 2.62 bits per heavy atom. The van der Waals surface area contributed by atoms with E-state index in [4.69, 9.17) is 0 Å². The fourth-order valence-electron chi connectivity index (χ4n) is 4.73. The number of thiazole rings is 1. The number of amides is 1. The van der Waals surface area contributed by atoms with Crippen molar-refractivity contribution in [2.45, 2.75) is 63.9 Å². The Hall–Kier alpha value is -2.55. The zero-order valence-electron chi connectivity index (χ0n) is 20.0. The predicted octanol–water partition coefficient (Wildman–Crippen LogP) is 5.20. The van der Waals surface area contributed by atoms with E-state index in [0.29, 0.717) is 23.5 Å². The Labute approximate surface area is 205 Å². The number of aryl methyl sites for hydroxylation is 2. The zero-order chi connectivity index (χ0) is 24.5. The highest BCUT2D eigenvalue weighted by molar-refractivity contribution is 7.89. The molecule has 0 aliphatic carbocycles. The van der Waals surface area contributed by atoms with Gasteiger partial charge in [-0.1, -0.05) is 36.8 Å². The molecule has 0 bridgehead atoms. The standard InChI is InChI=1S/C26H31N3O3S2/c1-5-14-28-24-19(4)16-18(3)17-23(24)33-26(28)27-25(30)20-10-12-22(13-11-20)34(31,32)29-15-8-7-9-21(29)6-2/h5,10-13,16-17,21H,1,6-9,14-15H2,2-4H3. The van der Waals surface area contributed by atoms with Crippen LogP contribution < -0.4 is 4.80 Å². The summed E-state index contributed by atoms with van der Waals surface area (Å²) < 4.78 is 31.1. The summed E-state index contributed by atoms with van der Waals surface area (Å²) in [4.78, 5) is 18.2. The van der Waals surface area contributed by atoms with Crippen LogP contribution in [-0.4, -0.2) is 35.8 Å². The molecule has 1 fully saturated rings. The van der Waals surface area contributed by atoms with Crippen LogP contribution in [0.2, 0.25) is 0 Å². The lowest BCUT2D eigenvalue weighted by Crippen LogP contribution is -2.43. The third-order valence-corrected chi connectivity index (χ3v) is 9.36. The van der Waals surface area contributed by atoms with Crippen molar-refractivity contribution in [1.82, 2.24) is 8.87 Å². The maximum absolute atomic E-state index is 13.2. The molecule has 1 aromatic heterocycles. The molecule has 0 N–H and O–H groups in total. The first kappa shape index (κ1) is 24.6. The van der Waals surface area contributed by atoms with Gasteiger partial charge in [-0.25, -0.2) is 8.42 Å². The van der Waals surface area contributed by atoms with Crippen LogP contribution in [0.5, 0.6) is 0 Å². The minimum atomic E-state index is -3.59. The monoisotopic (exact) mass is 497 g/mol. The van der Waals surface area contributed by atoms with E-state index in [2.05, 4.69) is 30.6 Å². The van der Waals surface area contributed by atoms with E-state index in [0.717, 1.165) is 47.0 Å². The van der Waals surface area contributed by atoms with Gasteiger partial charge in [-0.2, -0.15) is 9.30 Å². The highest BCUT2D eigenvalue weighted by atomic mass is 32.2. The number of carbonyl (C=O) groups is 1. The van der Waals surface area contributed by atoms with Gasteiger partial charge in [-0.15, -0.1) is 6.58 Å². The van der Waals surface area contributed by atoms with Crippen molar-refractivity contribution in [2.24, 2.45) is 4.99 Å². The molecule has 4 rings (SSSR count). The van der Waals surface area contributed by atoms with Crippen molar-refractivity contribution in [1.29, 1.82) is 0 Å². The minimum absolute atomic E-state index is 0.0374. The SMILES string of the molecule is C=CCn1c(=NC(=O)c2ccc(S(=O)(=O)N3CCCCC3CC)cc2)sc2cc(C)cc(C)c21. The first-order valence-electron chi connectivity index (χ1n) is 11.7. The first-order valence-corrected chi connectivity index (χ1v) is 13.9. The average Bonchev–Trinajstić information content (AvgIpc) is 3.16. The van der Waals surface area contributed by atoms with Crippen LogP contribution in [0.3, 0.4) is 0 Å². The highest BCUT2D eigenvalue weighted by Gasteiger charge is 2.32. The average molecular weight is 498 g/mol. The van der Waals surface area contributed by atoms with Gasteiger partial charge in [0, 0.05) is 24.7 Å². The molecule has 1 unspecified atom stereocenters. The van der Waals surface area contributed by atoms with Crippen LogP contribution in [0.25, 0.3) is 10.2 Å². The number of nitrogens with zero attached hydrogens (tertiary/aromatic N) is 3. The van der Waals surface area contributed by atoms with E-state index in [-0.39, 0.29) is 10.9 Å². The summed E-state index contributed by atoms with van der Waals surface area (Å²) in [6.07, 6.45) is 5.42. The number of fused-ring (bicyclic) bond motifs is 1. The van der Waals surface area contributed by atoms with E-state index >= 15 is 0 Å². The van der Waals surface area contributed by atoms with E-state index in [1.54, 1.807) is 22.5 Å². The molecule has 34 heavy (non-hydrogen) atoms. The van der Waals surface area contributed by atoms with Gasteiger partial charge >= 0.3 is 0 Å². The molecular weight excluding hydrogens is 466 g/mol. The van der Waals surface area contributed by atoms with Gasteiger partial charge in [-0.3, -0.25) is 4.79 Å². The quantitative estimate of drug-likeness (QED) is 0.440. The summed E-state index contributed by atoms with van der Waals surface area (Å²) in [5, 5.41) is 0. The van der Waals surface area contributed by atoms with Gasteiger partial charge in [0.25, 0.3) is 5.91 Å². The molecule has 2 heterocycles. The van der Waals surface area contributed by atoms with Crippen molar-refractivity contribution in [3.05, 3.63) is 70.5 Å². The number of carbonyl (C=O) groups excluding carboxylic acids is 1.